The van der Waals surface area contributed by atoms with Crippen molar-refractivity contribution in [2.24, 2.45) is 0 Å². The van der Waals surface area contributed by atoms with Crippen LogP contribution in [0, 0.1) is 5.82 Å². The van der Waals surface area contributed by atoms with Crippen LogP contribution in [0.5, 0.6) is 0 Å². The van der Waals surface area contributed by atoms with Gasteiger partial charge in [0, 0.05) is 22.8 Å². The predicted molar refractivity (Wildman–Crippen MR) is 107 cm³/mol. The monoisotopic (exact) mass is 397 g/mol. The Kier molecular flexibility index (Phi) is 5.34. The van der Waals surface area contributed by atoms with Crippen molar-refractivity contribution in [1.82, 2.24) is 9.78 Å². The number of benzene rings is 2. The predicted octanol–water partition coefficient (Wildman–Crippen LogP) is 3.74. The molecule has 0 unspecified atom stereocenters. The molecule has 0 spiro atoms. The van der Waals surface area contributed by atoms with Crippen LogP contribution in [-0.4, -0.2) is 19.9 Å². The summed E-state index contributed by atoms with van der Waals surface area (Å²) in [4.78, 5) is 12.5. The number of carbonyl (C=O) groups excluding carboxylic acids is 1. The summed E-state index contributed by atoms with van der Waals surface area (Å²) in [6.07, 6.45) is 1.93. The molecule has 1 amide bonds. The summed E-state index contributed by atoms with van der Waals surface area (Å²) in [7, 11) is -0.999. The largest absolute Gasteiger partial charge is 0.310 e. The molecule has 2 aromatic carbocycles. The van der Waals surface area contributed by atoms with E-state index in [0.717, 1.165) is 24.1 Å². The molecule has 0 fully saturated rings. The van der Waals surface area contributed by atoms with Crippen LogP contribution >= 0.6 is 0 Å². The van der Waals surface area contributed by atoms with Crippen LogP contribution in [-0.2, 0) is 33.5 Å². The standard InChI is InChI=1S/C21H20FN3O2S/c22-16-9-11-17(12-10-16)25-21(18-13-28(27)14-19(18)24-25)23-20(26)8-4-7-15-5-2-1-3-6-15/h1-3,5-6,9-12H,4,7-8,13-14H2,(H,23,26)/t28-/m1/s1. The molecule has 4 rings (SSSR count). The molecule has 7 heteroatoms. The Bertz CT molecular complexity index is 1020. The number of hydrogen-bond donors (Lipinski definition) is 1. The van der Waals surface area contributed by atoms with Crippen molar-refractivity contribution >= 4 is 22.5 Å². The van der Waals surface area contributed by atoms with E-state index in [1.807, 2.05) is 30.3 Å². The maximum atomic E-state index is 13.3. The molecule has 1 aliphatic rings. The number of fused-ring (bicyclic) bond motifs is 1. The maximum Gasteiger partial charge on any atom is 0.225 e. The van der Waals surface area contributed by atoms with Crippen molar-refractivity contribution in [3.8, 4) is 5.69 Å². The fraction of sp³-hybridized carbons (Fsp3) is 0.238. The van der Waals surface area contributed by atoms with Crippen LogP contribution < -0.4 is 5.32 Å². The van der Waals surface area contributed by atoms with Crippen molar-refractivity contribution in [3.05, 3.63) is 77.2 Å². The molecule has 1 aromatic heterocycles. The number of amides is 1. The van der Waals surface area contributed by atoms with Crippen molar-refractivity contribution in [2.75, 3.05) is 5.32 Å². The first-order valence-electron chi connectivity index (χ1n) is 9.15. The number of carbonyl (C=O) groups is 1. The lowest BCUT2D eigenvalue weighted by Crippen LogP contribution is -2.16. The van der Waals surface area contributed by atoms with Gasteiger partial charge in [0.05, 0.1) is 22.9 Å². The van der Waals surface area contributed by atoms with Crippen LogP contribution in [0.4, 0.5) is 10.2 Å². The molecule has 0 radical (unpaired) electrons. The average Bonchev–Trinajstić information content (AvgIpc) is 3.20. The third-order valence-corrected chi connectivity index (χ3v) is 5.92. The number of aryl methyl sites for hydroxylation is 1. The van der Waals surface area contributed by atoms with Gasteiger partial charge in [-0.1, -0.05) is 30.3 Å². The Labute approximate surface area is 165 Å². The second-order valence-electron chi connectivity index (χ2n) is 6.78. The van der Waals surface area contributed by atoms with Crippen LogP contribution in [0.25, 0.3) is 5.69 Å². The second-order valence-corrected chi connectivity index (χ2v) is 8.23. The summed E-state index contributed by atoms with van der Waals surface area (Å²) in [5.74, 6) is 0.837. The molecule has 28 heavy (non-hydrogen) atoms. The molecule has 0 saturated heterocycles. The van der Waals surface area contributed by atoms with Crippen LogP contribution in [0.1, 0.15) is 29.7 Å². The quantitative estimate of drug-likeness (QED) is 0.689. The molecule has 0 saturated carbocycles. The second kappa shape index (κ2) is 8.06. The van der Waals surface area contributed by atoms with E-state index in [2.05, 4.69) is 10.4 Å². The van der Waals surface area contributed by atoms with E-state index in [-0.39, 0.29) is 11.7 Å². The van der Waals surface area contributed by atoms with Gasteiger partial charge < -0.3 is 5.32 Å². The first-order valence-corrected chi connectivity index (χ1v) is 10.6. The average molecular weight is 397 g/mol. The molecule has 144 valence electrons. The maximum absolute atomic E-state index is 13.3. The van der Waals surface area contributed by atoms with Crippen molar-refractivity contribution in [2.45, 2.75) is 30.8 Å². The van der Waals surface area contributed by atoms with Gasteiger partial charge in [-0.05, 0) is 42.7 Å². The van der Waals surface area contributed by atoms with Gasteiger partial charge in [-0.15, -0.1) is 0 Å². The minimum Gasteiger partial charge on any atom is -0.310 e. The van der Waals surface area contributed by atoms with Crippen LogP contribution in [0.15, 0.2) is 54.6 Å². The first kappa shape index (κ1) is 18.6. The summed E-state index contributed by atoms with van der Waals surface area (Å²) < 4.78 is 26.8. The number of hydrogen-bond acceptors (Lipinski definition) is 3. The lowest BCUT2D eigenvalue weighted by atomic mass is 10.1. The summed E-state index contributed by atoms with van der Waals surface area (Å²) in [5, 5.41) is 7.45. The topological polar surface area (TPSA) is 64.0 Å². The smallest absolute Gasteiger partial charge is 0.225 e. The van der Waals surface area contributed by atoms with Gasteiger partial charge in [-0.25, -0.2) is 9.07 Å². The molecule has 3 aromatic rings. The van der Waals surface area contributed by atoms with Gasteiger partial charge >= 0.3 is 0 Å². The Morgan fingerprint density at radius 1 is 1.11 bits per heavy atom. The normalized spacial score (nSPS) is 15.4. The zero-order valence-electron chi connectivity index (χ0n) is 15.2. The summed E-state index contributed by atoms with van der Waals surface area (Å²) in [6, 6.07) is 16.0. The van der Waals surface area contributed by atoms with E-state index in [4.69, 9.17) is 0 Å². The van der Waals surface area contributed by atoms with Crippen LogP contribution in [0.2, 0.25) is 0 Å². The van der Waals surface area contributed by atoms with E-state index < -0.39 is 10.8 Å². The van der Waals surface area contributed by atoms with Crippen molar-refractivity contribution in [1.29, 1.82) is 0 Å². The third-order valence-electron chi connectivity index (χ3n) is 4.71. The van der Waals surface area contributed by atoms with Crippen LogP contribution in [0.3, 0.4) is 0 Å². The van der Waals surface area contributed by atoms with Gasteiger partial charge in [-0.3, -0.25) is 9.00 Å². The molecule has 0 aliphatic carbocycles. The number of halogens is 1. The summed E-state index contributed by atoms with van der Waals surface area (Å²) >= 11 is 0. The highest BCUT2D eigenvalue weighted by atomic mass is 32.2. The third kappa shape index (κ3) is 4.04. The fourth-order valence-electron chi connectivity index (χ4n) is 3.32. The van der Waals surface area contributed by atoms with Crippen molar-refractivity contribution in [3.63, 3.8) is 0 Å². The molecule has 5 nitrogen and oxygen atoms in total. The minimum atomic E-state index is -0.999. The molecule has 1 aliphatic heterocycles. The zero-order valence-corrected chi connectivity index (χ0v) is 16.0. The zero-order chi connectivity index (χ0) is 19.5. The van der Waals surface area contributed by atoms with Gasteiger partial charge in [0.2, 0.25) is 5.91 Å². The SMILES string of the molecule is O=C(CCCc1ccccc1)Nc1c2c(nn1-c1ccc(F)cc1)C[S@](=O)C2. The fourth-order valence-corrected chi connectivity index (χ4v) is 4.58. The highest BCUT2D eigenvalue weighted by Gasteiger charge is 2.28. The summed E-state index contributed by atoms with van der Waals surface area (Å²) in [5.41, 5.74) is 3.38. The van der Waals surface area contributed by atoms with Gasteiger partial charge in [-0.2, -0.15) is 5.10 Å². The minimum absolute atomic E-state index is 0.111. The molecular formula is C21H20FN3O2S. The Morgan fingerprint density at radius 2 is 1.86 bits per heavy atom. The molecular weight excluding hydrogens is 377 g/mol. The Hall–Kier alpha value is -2.80. The van der Waals surface area contributed by atoms with Gasteiger partial charge in [0.1, 0.15) is 11.6 Å². The molecule has 1 atom stereocenters. The number of nitrogens with one attached hydrogen (secondary N) is 1. The lowest BCUT2D eigenvalue weighted by molar-refractivity contribution is -0.116. The number of anilines is 1. The van der Waals surface area contributed by atoms with E-state index in [9.17, 15) is 13.4 Å². The highest BCUT2D eigenvalue weighted by molar-refractivity contribution is 7.83. The number of aromatic nitrogens is 2. The lowest BCUT2D eigenvalue weighted by Gasteiger charge is -2.11. The van der Waals surface area contributed by atoms with E-state index in [1.54, 1.807) is 16.8 Å². The Morgan fingerprint density at radius 3 is 2.61 bits per heavy atom. The van der Waals surface area contributed by atoms with E-state index in [1.165, 1.54) is 17.7 Å². The van der Waals surface area contributed by atoms with Gasteiger partial charge in [0.25, 0.3) is 0 Å². The molecule has 0 bridgehead atoms. The molecule has 1 N–H and O–H groups in total. The highest BCUT2D eigenvalue weighted by Crippen LogP contribution is 2.31. The number of nitrogens with zero attached hydrogens (tertiary/aromatic N) is 2. The molecule has 2 heterocycles. The van der Waals surface area contributed by atoms with E-state index >= 15 is 0 Å². The first-order chi connectivity index (χ1) is 13.6. The van der Waals surface area contributed by atoms with Gasteiger partial charge in [0.15, 0.2) is 0 Å². The van der Waals surface area contributed by atoms with E-state index in [0.29, 0.717) is 29.4 Å². The summed E-state index contributed by atoms with van der Waals surface area (Å²) in [6.45, 7) is 0. The Balaban J connectivity index is 1.50. The number of rotatable bonds is 6. The van der Waals surface area contributed by atoms with Crippen molar-refractivity contribution < 1.29 is 13.4 Å².